The smallest absolute Gasteiger partial charge is 0.313 e. The third-order valence-electron chi connectivity index (χ3n) is 3.69. The van der Waals surface area contributed by atoms with Gasteiger partial charge in [0.1, 0.15) is 5.75 Å². The molecular formula is C19H23N3O3. The second kappa shape index (κ2) is 8.73. The molecule has 0 bridgehead atoms. The predicted molar refractivity (Wildman–Crippen MR) is 99.1 cm³/mol. The first kappa shape index (κ1) is 18.3. The summed E-state index contributed by atoms with van der Waals surface area (Å²) < 4.78 is 5.08. The standard InChI is InChI=1S/C19H23N3O3/c1-22(2)16-9-7-14(8-10-16)11-12-20-18(23)19(24)21-15-5-4-6-17(13-15)25-3/h4-10,13H,11-12H2,1-3H3,(H,20,23)(H,21,24). The molecule has 0 aliphatic carbocycles. The zero-order valence-corrected chi connectivity index (χ0v) is 14.7. The Morgan fingerprint density at radius 3 is 2.40 bits per heavy atom. The Morgan fingerprint density at radius 2 is 1.76 bits per heavy atom. The number of hydrogen-bond donors (Lipinski definition) is 2. The lowest BCUT2D eigenvalue weighted by atomic mass is 10.1. The minimum absolute atomic E-state index is 0.395. The van der Waals surface area contributed by atoms with Gasteiger partial charge in [0.15, 0.2) is 0 Å². The second-order valence-electron chi connectivity index (χ2n) is 5.75. The molecule has 0 atom stereocenters. The van der Waals surface area contributed by atoms with Gasteiger partial charge in [0, 0.05) is 38.1 Å². The van der Waals surface area contributed by atoms with E-state index in [1.54, 1.807) is 31.4 Å². The van der Waals surface area contributed by atoms with Crippen molar-refractivity contribution >= 4 is 23.2 Å². The molecule has 0 aliphatic rings. The van der Waals surface area contributed by atoms with Crippen molar-refractivity contribution in [3.8, 4) is 5.75 Å². The Labute approximate surface area is 147 Å². The second-order valence-corrected chi connectivity index (χ2v) is 5.75. The van der Waals surface area contributed by atoms with Crippen LogP contribution in [0.2, 0.25) is 0 Å². The highest BCUT2D eigenvalue weighted by atomic mass is 16.5. The average Bonchev–Trinajstić information content (AvgIpc) is 2.62. The lowest BCUT2D eigenvalue weighted by Gasteiger charge is -2.12. The van der Waals surface area contributed by atoms with Crippen LogP contribution >= 0.6 is 0 Å². The molecule has 0 saturated heterocycles. The number of hydrogen-bond acceptors (Lipinski definition) is 4. The van der Waals surface area contributed by atoms with Crippen molar-refractivity contribution in [2.75, 3.05) is 38.0 Å². The summed E-state index contributed by atoms with van der Waals surface area (Å²) in [5.74, 6) is -0.747. The summed E-state index contributed by atoms with van der Waals surface area (Å²) in [6.07, 6.45) is 0.659. The van der Waals surface area contributed by atoms with Gasteiger partial charge in [-0.05, 0) is 36.2 Å². The first-order chi connectivity index (χ1) is 12.0. The number of nitrogens with one attached hydrogen (secondary N) is 2. The fourth-order valence-electron chi connectivity index (χ4n) is 2.25. The molecule has 6 nitrogen and oxygen atoms in total. The van der Waals surface area contributed by atoms with E-state index in [1.165, 1.54) is 0 Å². The van der Waals surface area contributed by atoms with E-state index in [4.69, 9.17) is 4.74 Å². The Hall–Kier alpha value is -3.02. The van der Waals surface area contributed by atoms with E-state index in [0.717, 1.165) is 11.3 Å². The number of nitrogens with zero attached hydrogens (tertiary/aromatic N) is 1. The SMILES string of the molecule is COc1cccc(NC(=O)C(=O)NCCc2ccc(N(C)C)cc2)c1. The fraction of sp³-hybridized carbons (Fsp3) is 0.263. The number of ether oxygens (including phenoxy) is 1. The zero-order chi connectivity index (χ0) is 18.2. The number of methoxy groups -OCH3 is 1. The summed E-state index contributed by atoms with van der Waals surface area (Å²) in [7, 11) is 5.51. The number of carbonyl (C=O) groups is 2. The molecule has 0 heterocycles. The van der Waals surface area contributed by atoms with Gasteiger partial charge in [0.2, 0.25) is 0 Å². The van der Waals surface area contributed by atoms with Crippen molar-refractivity contribution in [2.45, 2.75) is 6.42 Å². The van der Waals surface area contributed by atoms with E-state index >= 15 is 0 Å². The molecule has 0 unspecified atom stereocenters. The van der Waals surface area contributed by atoms with E-state index < -0.39 is 11.8 Å². The van der Waals surface area contributed by atoms with Gasteiger partial charge in [-0.15, -0.1) is 0 Å². The Morgan fingerprint density at radius 1 is 1.04 bits per heavy atom. The van der Waals surface area contributed by atoms with Gasteiger partial charge in [-0.1, -0.05) is 18.2 Å². The average molecular weight is 341 g/mol. The first-order valence-electron chi connectivity index (χ1n) is 7.99. The molecule has 0 saturated carbocycles. The van der Waals surface area contributed by atoms with Crippen LogP contribution in [0.3, 0.4) is 0 Å². The third-order valence-corrected chi connectivity index (χ3v) is 3.69. The fourth-order valence-corrected chi connectivity index (χ4v) is 2.25. The maximum Gasteiger partial charge on any atom is 0.313 e. The summed E-state index contributed by atoms with van der Waals surface area (Å²) in [4.78, 5) is 25.8. The molecular weight excluding hydrogens is 318 g/mol. The highest BCUT2D eigenvalue weighted by Gasteiger charge is 2.13. The van der Waals surface area contributed by atoms with Crippen LogP contribution in [0, 0.1) is 0 Å². The summed E-state index contributed by atoms with van der Waals surface area (Å²) in [5, 5.41) is 5.17. The molecule has 2 rings (SSSR count). The number of benzene rings is 2. The first-order valence-corrected chi connectivity index (χ1v) is 7.99. The molecule has 0 fully saturated rings. The quantitative estimate of drug-likeness (QED) is 0.789. The van der Waals surface area contributed by atoms with Crippen molar-refractivity contribution in [2.24, 2.45) is 0 Å². The van der Waals surface area contributed by atoms with Crippen LogP contribution in [0.25, 0.3) is 0 Å². The minimum atomic E-state index is -0.698. The maximum absolute atomic E-state index is 11.9. The molecule has 2 aromatic carbocycles. The summed E-state index contributed by atoms with van der Waals surface area (Å²) in [5.41, 5.74) is 2.73. The monoisotopic (exact) mass is 341 g/mol. The van der Waals surface area contributed by atoms with Gasteiger partial charge in [0.25, 0.3) is 0 Å². The van der Waals surface area contributed by atoms with Crippen molar-refractivity contribution in [1.82, 2.24) is 5.32 Å². The highest BCUT2D eigenvalue weighted by Crippen LogP contribution is 2.16. The lowest BCUT2D eigenvalue weighted by molar-refractivity contribution is -0.136. The van der Waals surface area contributed by atoms with E-state index in [1.807, 2.05) is 43.3 Å². The van der Waals surface area contributed by atoms with E-state index in [9.17, 15) is 9.59 Å². The molecule has 6 heteroatoms. The summed E-state index contributed by atoms with van der Waals surface area (Å²) in [6.45, 7) is 0.395. The maximum atomic E-state index is 11.9. The van der Waals surface area contributed by atoms with Crippen LogP contribution in [0.1, 0.15) is 5.56 Å². The number of rotatable bonds is 6. The molecule has 0 aliphatic heterocycles. The largest absolute Gasteiger partial charge is 0.497 e. The third kappa shape index (κ3) is 5.53. The van der Waals surface area contributed by atoms with Gasteiger partial charge in [-0.25, -0.2) is 0 Å². The number of amides is 2. The normalized spacial score (nSPS) is 10.0. The van der Waals surface area contributed by atoms with E-state index in [-0.39, 0.29) is 0 Å². The molecule has 2 amide bonds. The Balaban J connectivity index is 1.80. The van der Waals surface area contributed by atoms with E-state index in [2.05, 4.69) is 10.6 Å². The Kier molecular flexibility index (Phi) is 6.39. The molecule has 2 aromatic rings. The van der Waals surface area contributed by atoms with Crippen LogP contribution < -0.4 is 20.3 Å². The molecule has 0 radical (unpaired) electrons. The van der Waals surface area contributed by atoms with Crippen LogP contribution in [0.5, 0.6) is 5.75 Å². The molecule has 0 spiro atoms. The van der Waals surface area contributed by atoms with Gasteiger partial charge in [-0.2, -0.15) is 0 Å². The van der Waals surface area contributed by atoms with Gasteiger partial charge >= 0.3 is 11.8 Å². The van der Waals surface area contributed by atoms with Crippen LogP contribution in [0.15, 0.2) is 48.5 Å². The van der Waals surface area contributed by atoms with Crippen molar-refractivity contribution < 1.29 is 14.3 Å². The Bertz CT molecular complexity index is 727. The lowest BCUT2D eigenvalue weighted by Crippen LogP contribution is -2.36. The van der Waals surface area contributed by atoms with Gasteiger partial charge in [-0.3, -0.25) is 9.59 Å². The molecule has 0 aromatic heterocycles. The minimum Gasteiger partial charge on any atom is -0.497 e. The van der Waals surface area contributed by atoms with Crippen LogP contribution in [0.4, 0.5) is 11.4 Å². The highest BCUT2D eigenvalue weighted by molar-refractivity contribution is 6.39. The molecule has 132 valence electrons. The molecule has 2 N–H and O–H groups in total. The summed E-state index contributed by atoms with van der Waals surface area (Å²) in [6, 6.07) is 14.9. The zero-order valence-electron chi connectivity index (χ0n) is 14.7. The van der Waals surface area contributed by atoms with Gasteiger partial charge < -0.3 is 20.3 Å². The van der Waals surface area contributed by atoms with E-state index in [0.29, 0.717) is 24.4 Å². The molecule has 25 heavy (non-hydrogen) atoms. The number of anilines is 2. The topological polar surface area (TPSA) is 70.7 Å². The summed E-state index contributed by atoms with van der Waals surface area (Å²) >= 11 is 0. The predicted octanol–water partition coefficient (Wildman–Crippen LogP) is 2.06. The van der Waals surface area contributed by atoms with Crippen LogP contribution in [-0.4, -0.2) is 39.6 Å². The van der Waals surface area contributed by atoms with Crippen LogP contribution in [-0.2, 0) is 16.0 Å². The van der Waals surface area contributed by atoms with Crippen molar-refractivity contribution in [1.29, 1.82) is 0 Å². The van der Waals surface area contributed by atoms with Crippen molar-refractivity contribution in [3.63, 3.8) is 0 Å². The van der Waals surface area contributed by atoms with Gasteiger partial charge in [0.05, 0.1) is 7.11 Å². The number of carbonyl (C=O) groups excluding carboxylic acids is 2. The van der Waals surface area contributed by atoms with Crippen molar-refractivity contribution in [3.05, 3.63) is 54.1 Å².